The van der Waals surface area contributed by atoms with Crippen LogP contribution >= 0.6 is 0 Å². The lowest BCUT2D eigenvalue weighted by molar-refractivity contribution is -0.124. The van der Waals surface area contributed by atoms with Crippen LogP contribution in [0.5, 0.6) is 5.75 Å². The molecule has 20 heavy (non-hydrogen) atoms. The van der Waals surface area contributed by atoms with Crippen molar-refractivity contribution < 1.29 is 19.1 Å². The van der Waals surface area contributed by atoms with Crippen molar-refractivity contribution in [3.05, 3.63) is 24.3 Å². The smallest absolute Gasteiger partial charge is 0.257 e. The molecule has 1 saturated heterocycles. The summed E-state index contributed by atoms with van der Waals surface area (Å²) in [6, 6.07) is 6.92. The summed E-state index contributed by atoms with van der Waals surface area (Å²) >= 11 is 0. The molecule has 0 aromatic heterocycles. The molecule has 0 spiro atoms. The zero-order valence-electron chi connectivity index (χ0n) is 11.3. The van der Waals surface area contributed by atoms with Crippen molar-refractivity contribution in [2.75, 3.05) is 25.6 Å². The number of benzene rings is 1. The van der Waals surface area contributed by atoms with Gasteiger partial charge in [-0.1, -0.05) is 6.07 Å². The predicted octanol–water partition coefficient (Wildman–Crippen LogP) is 0.929. The highest BCUT2D eigenvalue weighted by molar-refractivity contribution is 5.94. The van der Waals surface area contributed by atoms with Gasteiger partial charge >= 0.3 is 0 Å². The third-order valence-corrected chi connectivity index (χ3v) is 2.97. The average molecular weight is 278 g/mol. The molecule has 1 unspecified atom stereocenters. The Bertz CT molecular complexity index is 484. The lowest BCUT2D eigenvalue weighted by atomic mass is 10.2. The van der Waals surface area contributed by atoms with Gasteiger partial charge in [0.1, 0.15) is 11.9 Å². The lowest BCUT2D eigenvalue weighted by Crippen LogP contribution is -2.27. The van der Waals surface area contributed by atoms with Crippen LogP contribution < -0.4 is 15.4 Å². The molecule has 0 aliphatic carbocycles. The third-order valence-electron chi connectivity index (χ3n) is 2.97. The van der Waals surface area contributed by atoms with Crippen LogP contribution in [0.1, 0.15) is 12.8 Å². The molecule has 1 aliphatic rings. The number of likely N-dealkylation sites (N-methyl/N-ethyl adjacent to an activating group) is 1. The highest BCUT2D eigenvalue weighted by atomic mass is 16.5. The van der Waals surface area contributed by atoms with E-state index in [9.17, 15) is 9.59 Å². The summed E-state index contributed by atoms with van der Waals surface area (Å²) in [5.41, 5.74) is 0.625. The van der Waals surface area contributed by atoms with Crippen LogP contribution in [-0.4, -0.2) is 38.2 Å². The first-order valence-electron chi connectivity index (χ1n) is 6.55. The number of anilines is 1. The van der Waals surface area contributed by atoms with Crippen molar-refractivity contribution in [2.24, 2.45) is 0 Å². The third kappa shape index (κ3) is 3.96. The van der Waals surface area contributed by atoms with Gasteiger partial charge in [-0.25, -0.2) is 0 Å². The minimum Gasteiger partial charge on any atom is -0.484 e. The lowest BCUT2D eigenvalue weighted by Gasteiger charge is -2.11. The monoisotopic (exact) mass is 278 g/mol. The van der Waals surface area contributed by atoms with Crippen molar-refractivity contribution in [3.8, 4) is 5.75 Å². The Labute approximate surface area is 117 Å². The van der Waals surface area contributed by atoms with Crippen molar-refractivity contribution in [1.29, 1.82) is 0 Å². The van der Waals surface area contributed by atoms with Crippen LogP contribution in [0.4, 0.5) is 5.69 Å². The van der Waals surface area contributed by atoms with Gasteiger partial charge in [0.15, 0.2) is 6.61 Å². The molecule has 1 fully saturated rings. The van der Waals surface area contributed by atoms with Gasteiger partial charge in [0.25, 0.3) is 11.8 Å². The van der Waals surface area contributed by atoms with Crippen molar-refractivity contribution in [2.45, 2.75) is 18.9 Å². The fourth-order valence-electron chi connectivity index (χ4n) is 1.89. The van der Waals surface area contributed by atoms with Crippen LogP contribution in [0.25, 0.3) is 0 Å². The van der Waals surface area contributed by atoms with E-state index in [1.165, 1.54) is 0 Å². The Morgan fingerprint density at radius 3 is 3.00 bits per heavy atom. The number of hydrogen-bond acceptors (Lipinski definition) is 4. The second-order valence-corrected chi connectivity index (χ2v) is 4.48. The maximum atomic E-state index is 11.9. The maximum Gasteiger partial charge on any atom is 0.257 e. The Morgan fingerprint density at radius 2 is 2.30 bits per heavy atom. The van der Waals surface area contributed by atoms with Gasteiger partial charge in [-0.15, -0.1) is 0 Å². The minimum absolute atomic E-state index is 0.0559. The first kappa shape index (κ1) is 14.3. The molecule has 1 atom stereocenters. The average Bonchev–Trinajstić information content (AvgIpc) is 2.99. The number of carbonyl (C=O) groups is 2. The summed E-state index contributed by atoms with van der Waals surface area (Å²) in [7, 11) is 1.55. The van der Waals surface area contributed by atoms with Crippen molar-refractivity contribution in [3.63, 3.8) is 0 Å². The van der Waals surface area contributed by atoms with Gasteiger partial charge in [-0.2, -0.15) is 0 Å². The summed E-state index contributed by atoms with van der Waals surface area (Å²) < 4.78 is 10.6. The first-order chi connectivity index (χ1) is 9.69. The summed E-state index contributed by atoms with van der Waals surface area (Å²) in [5, 5.41) is 5.25. The van der Waals surface area contributed by atoms with E-state index in [4.69, 9.17) is 9.47 Å². The van der Waals surface area contributed by atoms with Crippen molar-refractivity contribution in [1.82, 2.24) is 5.32 Å². The summed E-state index contributed by atoms with van der Waals surface area (Å²) in [4.78, 5) is 23.0. The Balaban J connectivity index is 1.91. The minimum atomic E-state index is -0.370. The van der Waals surface area contributed by atoms with E-state index in [-0.39, 0.29) is 24.5 Å². The van der Waals surface area contributed by atoms with E-state index < -0.39 is 0 Å². The molecule has 1 aromatic carbocycles. The summed E-state index contributed by atoms with van der Waals surface area (Å²) in [6.07, 6.45) is 1.29. The molecule has 1 aliphatic heterocycles. The molecular weight excluding hydrogens is 260 g/mol. The van der Waals surface area contributed by atoms with Gasteiger partial charge in [0.05, 0.1) is 0 Å². The SMILES string of the molecule is CNC(=O)COc1cccc(NC(=O)C2CCCO2)c1. The molecule has 0 saturated carbocycles. The number of amides is 2. The number of nitrogens with one attached hydrogen (secondary N) is 2. The molecular formula is C14H18N2O4. The molecule has 108 valence electrons. The van der Waals surface area contributed by atoms with E-state index in [1.807, 2.05) is 0 Å². The fourth-order valence-corrected chi connectivity index (χ4v) is 1.89. The van der Waals surface area contributed by atoms with Crippen LogP contribution in [0.3, 0.4) is 0 Å². The van der Waals surface area contributed by atoms with Crippen LogP contribution in [0.2, 0.25) is 0 Å². The molecule has 0 bridgehead atoms. The highest BCUT2D eigenvalue weighted by Crippen LogP contribution is 2.19. The molecule has 2 amide bonds. The van der Waals surface area contributed by atoms with Crippen LogP contribution in [0, 0.1) is 0 Å². The normalized spacial score (nSPS) is 17.6. The summed E-state index contributed by atoms with van der Waals surface area (Å²) in [6.45, 7) is 0.576. The zero-order valence-corrected chi connectivity index (χ0v) is 11.3. The molecule has 6 heteroatoms. The van der Waals surface area contributed by atoms with E-state index in [1.54, 1.807) is 31.3 Å². The number of hydrogen-bond donors (Lipinski definition) is 2. The molecule has 1 heterocycles. The fraction of sp³-hybridized carbons (Fsp3) is 0.429. The molecule has 2 N–H and O–H groups in total. The predicted molar refractivity (Wildman–Crippen MR) is 73.6 cm³/mol. The summed E-state index contributed by atoms with van der Waals surface area (Å²) in [5.74, 6) is 0.170. The molecule has 1 aromatic rings. The van der Waals surface area contributed by atoms with Gasteiger partial charge in [0.2, 0.25) is 0 Å². The van der Waals surface area contributed by atoms with E-state index in [2.05, 4.69) is 10.6 Å². The number of carbonyl (C=O) groups excluding carboxylic acids is 2. The second-order valence-electron chi connectivity index (χ2n) is 4.48. The quantitative estimate of drug-likeness (QED) is 0.840. The molecule has 0 radical (unpaired) electrons. The van der Waals surface area contributed by atoms with Crippen LogP contribution in [-0.2, 0) is 14.3 Å². The van der Waals surface area contributed by atoms with Crippen molar-refractivity contribution >= 4 is 17.5 Å². The maximum absolute atomic E-state index is 11.9. The Hall–Kier alpha value is -2.08. The molecule has 2 rings (SSSR count). The van der Waals surface area contributed by atoms with E-state index >= 15 is 0 Å². The largest absolute Gasteiger partial charge is 0.484 e. The number of ether oxygens (including phenoxy) is 2. The second kappa shape index (κ2) is 6.91. The zero-order chi connectivity index (χ0) is 14.4. The first-order valence-corrected chi connectivity index (χ1v) is 6.55. The van der Waals surface area contributed by atoms with E-state index in [0.717, 1.165) is 12.8 Å². The molecule has 6 nitrogen and oxygen atoms in total. The van der Waals surface area contributed by atoms with Crippen LogP contribution in [0.15, 0.2) is 24.3 Å². The highest BCUT2D eigenvalue weighted by Gasteiger charge is 2.23. The Morgan fingerprint density at radius 1 is 1.45 bits per heavy atom. The van der Waals surface area contributed by atoms with Gasteiger partial charge in [-0.05, 0) is 25.0 Å². The van der Waals surface area contributed by atoms with Gasteiger partial charge < -0.3 is 20.1 Å². The topological polar surface area (TPSA) is 76.7 Å². The Kier molecular flexibility index (Phi) is 4.95. The van der Waals surface area contributed by atoms with Gasteiger partial charge in [-0.3, -0.25) is 9.59 Å². The number of rotatable bonds is 5. The van der Waals surface area contributed by atoms with E-state index in [0.29, 0.717) is 18.0 Å². The van der Waals surface area contributed by atoms with Gasteiger partial charge in [0, 0.05) is 25.4 Å². The standard InChI is InChI=1S/C14H18N2O4/c1-15-13(17)9-20-11-5-2-4-10(8-11)16-14(18)12-6-3-7-19-12/h2,4-5,8,12H,3,6-7,9H2,1H3,(H,15,17)(H,16,18).